The third kappa shape index (κ3) is 4.79. The van der Waals surface area contributed by atoms with E-state index in [-0.39, 0.29) is 23.1 Å². The Morgan fingerprint density at radius 1 is 1.17 bits per heavy atom. The molecule has 7 heteroatoms. The summed E-state index contributed by atoms with van der Waals surface area (Å²) in [5, 5.41) is 15.6. The van der Waals surface area contributed by atoms with Crippen LogP contribution in [0.15, 0.2) is 36.4 Å². The number of amides is 2. The molecule has 0 radical (unpaired) electrons. The van der Waals surface area contributed by atoms with E-state index in [1.807, 2.05) is 20.2 Å². The van der Waals surface area contributed by atoms with Gasteiger partial charge in [-0.15, -0.1) is 0 Å². The van der Waals surface area contributed by atoms with Crippen molar-refractivity contribution >= 4 is 6.03 Å². The van der Waals surface area contributed by atoms with Crippen LogP contribution in [0.3, 0.4) is 0 Å². The van der Waals surface area contributed by atoms with Gasteiger partial charge in [0.1, 0.15) is 17.3 Å². The lowest BCUT2D eigenvalue weighted by Crippen LogP contribution is -2.55. The second-order valence-electron chi connectivity index (χ2n) is 7.74. The number of phenols is 1. The van der Waals surface area contributed by atoms with Crippen molar-refractivity contribution in [1.82, 2.24) is 15.5 Å². The molecule has 0 heterocycles. The van der Waals surface area contributed by atoms with Gasteiger partial charge in [-0.3, -0.25) is 0 Å². The van der Waals surface area contributed by atoms with E-state index < -0.39 is 0 Å². The summed E-state index contributed by atoms with van der Waals surface area (Å²) in [7, 11) is 5.51. The zero-order valence-corrected chi connectivity index (χ0v) is 17.1. The number of hydrogen-bond donors (Lipinski definition) is 3. The van der Waals surface area contributed by atoms with E-state index in [0.29, 0.717) is 25.3 Å². The van der Waals surface area contributed by atoms with Crippen molar-refractivity contribution in [3.05, 3.63) is 58.9 Å². The second kappa shape index (κ2) is 8.69. The lowest BCUT2D eigenvalue weighted by Gasteiger charge is -2.36. The normalized spacial score (nSPS) is 17.8. The molecule has 0 aliphatic heterocycles. The Balaban J connectivity index is 1.53. The lowest BCUT2D eigenvalue weighted by atomic mass is 9.94. The van der Waals surface area contributed by atoms with Crippen LogP contribution >= 0.6 is 0 Å². The number of nitrogens with one attached hydrogen (secondary N) is 2. The van der Waals surface area contributed by atoms with Crippen LogP contribution in [0, 0.1) is 5.82 Å². The number of likely N-dealkylation sites (N-methyl/N-ethyl adjacent to an activating group) is 1. The highest BCUT2D eigenvalue weighted by molar-refractivity contribution is 5.74. The van der Waals surface area contributed by atoms with Crippen molar-refractivity contribution in [3.63, 3.8) is 0 Å². The fourth-order valence-electron chi connectivity index (χ4n) is 3.86. The van der Waals surface area contributed by atoms with E-state index >= 15 is 0 Å². The van der Waals surface area contributed by atoms with Crippen LogP contribution in [-0.2, 0) is 19.3 Å². The Hall–Kier alpha value is -2.80. The Labute approximate surface area is 170 Å². The topological polar surface area (TPSA) is 73.8 Å². The molecule has 0 fully saturated rings. The summed E-state index contributed by atoms with van der Waals surface area (Å²) in [6.45, 7) is 0.901. The first-order valence-electron chi connectivity index (χ1n) is 9.65. The number of fused-ring (bicyclic) bond motifs is 1. The van der Waals surface area contributed by atoms with E-state index in [9.17, 15) is 14.3 Å². The molecule has 2 aromatic rings. The standard InChI is InChI=1S/C22H28FN3O3/c1-26(2)22(12-16-5-7-19(27)10-17(16)13-22)14-25-21(28)24-9-8-15-4-6-18(23)11-20(15)29-3/h4-7,10-11,27H,8-9,12-14H2,1-3H3,(H2,24,25,28). The summed E-state index contributed by atoms with van der Waals surface area (Å²) < 4.78 is 18.5. The minimum Gasteiger partial charge on any atom is -0.508 e. The number of rotatable bonds is 7. The first-order chi connectivity index (χ1) is 13.8. The van der Waals surface area contributed by atoms with Crippen LogP contribution in [0.25, 0.3) is 0 Å². The summed E-state index contributed by atoms with van der Waals surface area (Å²) >= 11 is 0. The van der Waals surface area contributed by atoms with Crippen LogP contribution in [0.4, 0.5) is 9.18 Å². The van der Waals surface area contributed by atoms with Crippen molar-refractivity contribution in [3.8, 4) is 11.5 Å². The van der Waals surface area contributed by atoms with Gasteiger partial charge in [0.15, 0.2) is 0 Å². The van der Waals surface area contributed by atoms with Crippen molar-refractivity contribution in [2.24, 2.45) is 0 Å². The third-order valence-corrected chi connectivity index (χ3v) is 5.68. The number of methoxy groups -OCH3 is 1. The summed E-state index contributed by atoms with van der Waals surface area (Å²) in [4.78, 5) is 14.5. The predicted molar refractivity (Wildman–Crippen MR) is 110 cm³/mol. The number of ether oxygens (including phenoxy) is 1. The molecule has 0 aromatic heterocycles. The number of urea groups is 1. The number of carbonyl (C=O) groups is 1. The smallest absolute Gasteiger partial charge is 0.314 e. The summed E-state index contributed by atoms with van der Waals surface area (Å²) in [6, 6.07) is 9.60. The Morgan fingerprint density at radius 3 is 2.66 bits per heavy atom. The fourth-order valence-corrected chi connectivity index (χ4v) is 3.86. The monoisotopic (exact) mass is 401 g/mol. The number of phenolic OH excluding ortho intramolecular Hbond substituents is 1. The second-order valence-corrected chi connectivity index (χ2v) is 7.74. The molecule has 0 spiro atoms. The predicted octanol–water partition coefficient (Wildman–Crippen LogP) is 2.48. The quantitative estimate of drug-likeness (QED) is 0.667. The fraction of sp³-hybridized carbons (Fsp3) is 0.409. The summed E-state index contributed by atoms with van der Waals surface area (Å²) in [5.74, 6) is 0.391. The zero-order chi connectivity index (χ0) is 21.0. The highest BCUT2D eigenvalue weighted by Gasteiger charge is 2.39. The molecular formula is C22H28FN3O3. The van der Waals surface area contributed by atoms with Gasteiger partial charge in [0, 0.05) is 24.7 Å². The minimum atomic E-state index is -0.351. The van der Waals surface area contributed by atoms with Gasteiger partial charge in [-0.2, -0.15) is 0 Å². The van der Waals surface area contributed by atoms with E-state index in [1.54, 1.807) is 18.2 Å². The molecule has 1 unspecified atom stereocenters. The SMILES string of the molecule is COc1cc(F)ccc1CCNC(=O)NCC1(N(C)C)Cc2ccc(O)cc2C1. The number of benzene rings is 2. The molecule has 2 aromatic carbocycles. The molecule has 156 valence electrons. The number of halogens is 1. The Bertz CT molecular complexity index is 888. The van der Waals surface area contributed by atoms with Crippen LogP contribution < -0.4 is 15.4 Å². The van der Waals surface area contributed by atoms with Crippen molar-refractivity contribution in [1.29, 1.82) is 0 Å². The minimum absolute atomic E-state index is 0.229. The molecule has 6 nitrogen and oxygen atoms in total. The largest absolute Gasteiger partial charge is 0.508 e. The zero-order valence-electron chi connectivity index (χ0n) is 17.1. The van der Waals surface area contributed by atoms with E-state index in [0.717, 1.165) is 24.0 Å². The van der Waals surface area contributed by atoms with Crippen LogP contribution in [0.1, 0.15) is 16.7 Å². The van der Waals surface area contributed by atoms with Gasteiger partial charge >= 0.3 is 6.03 Å². The van der Waals surface area contributed by atoms with Crippen LogP contribution in [-0.4, -0.2) is 55.9 Å². The van der Waals surface area contributed by atoms with E-state index in [2.05, 4.69) is 15.5 Å². The average molecular weight is 401 g/mol. The van der Waals surface area contributed by atoms with Gasteiger partial charge in [-0.1, -0.05) is 12.1 Å². The molecule has 1 aliphatic carbocycles. The first-order valence-corrected chi connectivity index (χ1v) is 9.65. The van der Waals surface area contributed by atoms with Gasteiger partial charge in [0.25, 0.3) is 0 Å². The third-order valence-electron chi connectivity index (χ3n) is 5.68. The maximum absolute atomic E-state index is 13.3. The first kappa shape index (κ1) is 20.9. The highest BCUT2D eigenvalue weighted by Crippen LogP contribution is 2.35. The maximum Gasteiger partial charge on any atom is 0.314 e. The number of hydrogen-bond acceptors (Lipinski definition) is 4. The molecule has 3 rings (SSSR count). The van der Waals surface area contributed by atoms with E-state index in [1.165, 1.54) is 24.8 Å². The molecule has 0 saturated carbocycles. The number of aromatic hydroxyl groups is 1. The van der Waals surface area contributed by atoms with Gasteiger partial charge in [-0.05, 0) is 68.2 Å². The maximum atomic E-state index is 13.3. The molecule has 1 aliphatic rings. The Kier molecular flexibility index (Phi) is 6.27. The molecule has 3 N–H and O–H groups in total. The van der Waals surface area contributed by atoms with Gasteiger partial charge < -0.3 is 25.4 Å². The summed E-state index contributed by atoms with van der Waals surface area (Å²) in [5.41, 5.74) is 2.92. The molecule has 1 atom stereocenters. The van der Waals surface area contributed by atoms with Gasteiger partial charge in [-0.25, -0.2) is 9.18 Å². The highest BCUT2D eigenvalue weighted by atomic mass is 19.1. The lowest BCUT2D eigenvalue weighted by molar-refractivity contribution is 0.158. The summed E-state index contributed by atoms with van der Waals surface area (Å²) in [6.07, 6.45) is 2.11. The molecular weight excluding hydrogens is 373 g/mol. The molecule has 0 bridgehead atoms. The van der Waals surface area contributed by atoms with Gasteiger partial charge in [0.2, 0.25) is 0 Å². The average Bonchev–Trinajstić information content (AvgIpc) is 3.06. The van der Waals surface area contributed by atoms with Crippen LogP contribution in [0.5, 0.6) is 11.5 Å². The molecule has 0 saturated heterocycles. The molecule has 2 amide bonds. The van der Waals surface area contributed by atoms with Crippen molar-refractivity contribution in [2.75, 3.05) is 34.3 Å². The van der Waals surface area contributed by atoms with Crippen molar-refractivity contribution < 1.29 is 19.0 Å². The van der Waals surface area contributed by atoms with Crippen LogP contribution in [0.2, 0.25) is 0 Å². The number of carbonyl (C=O) groups excluding carboxylic acids is 1. The molecule has 29 heavy (non-hydrogen) atoms. The Morgan fingerprint density at radius 2 is 1.93 bits per heavy atom. The van der Waals surface area contributed by atoms with Crippen molar-refractivity contribution in [2.45, 2.75) is 24.8 Å². The van der Waals surface area contributed by atoms with E-state index in [4.69, 9.17) is 4.74 Å². The van der Waals surface area contributed by atoms with Gasteiger partial charge in [0.05, 0.1) is 7.11 Å². The number of nitrogens with zero attached hydrogens (tertiary/aromatic N) is 1.